The maximum Gasteiger partial charge on any atom is 0.123 e. The van der Waals surface area contributed by atoms with Crippen molar-refractivity contribution < 1.29 is 4.74 Å². The summed E-state index contributed by atoms with van der Waals surface area (Å²) >= 11 is 6.16. The van der Waals surface area contributed by atoms with E-state index in [-0.39, 0.29) is 6.10 Å². The third-order valence-electron chi connectivity index (χ3n) is 3.65. The number of hydrogen-bond donors (Lipinski definition) is 1. The van der Waals surface area contributed by atoms with E-state index >= 15 is 0 Å². The normalized spacial score (nSPS) is 16.9. The van der Waals surface area contributed by atoms with Crippen molar-refractivity contribution in [2.75, 3.05) is 7.05 Å². The summed E-state index contributed by atoms with van der Waals surface area (Å²) in [5, 5.41) is 3.97. The van der Waals surface area contributed by atoms with E-state index in [1.807, 2.05) is 19.2 Å². The van der Waals surface area contributed by atoms with E-state index in [4.69, 9.17) is 16.3 Å². The molecule has 0 fully saturated rings. The number of hydrogen-bond acceptors (Lipinski definition) is 2. The van der Waals surface area contributed by atoms with Crippen molar-refractivity contribution in [3.63, 3.8) is 0 Å². The smallest absolute Gasteiger partial charge is 0.123 e. The Bertz CT molecular complexity index is 639. The van der Waals surface area contributed by atoms with Crippen LogP contribution in [0.5, 0.6) is 5.75 Å². The summed E-state index contributed by atoms with van der Waals surface area (Å²) in [5.74, 6) is 1.01. The first kappa shape index (κ1) is 13.5. The minimum absolute atomic E-state index is 0.274. The van der Waals surface area contributed by atoms with Gasteiger partial charge < -0.3 is 10.1 Å². The Morgan fingerprint density at radius 2 is 2.10 bits per heavy atom. The molecule has 0 aliphatic carbocycles. The molecule has 1 aliphatic heterocycles. The fourth-order valence-electron chi connectivity index (χ4n) is 2.75. The summed E-state index contributed by atoms with van der Waals surface area (Å²) in [6.07, 6.45) is 1.25. The second-order valence-electron chi connectivity index (χ2n) is 5.29. The lowest BCUT2D eigenvalue weighted by atomic mass is 9.97. The van der Waals surface area contributed by atoms with E-state index in [9.17, 15) is 0 Å². The highest BCUT2D eigenvalue weighted by Gasteiger charge is 2.19. The van der Waals surface area contributed by atoms with Crippen LogP contribution in [0, 0.1) is 0 Å². The summed E-state index contributed by atoms with van der Waals surface area (Å²) in [7, 11) is 1.95. The van der Waals surface area contributed by atoms with Gasteiger partial charge in [-0.1, -0.05) is 23.7 Å². The number of benzene rings is 2. The van der Waals surface area contributed by atoms with E-state index in [1.165, 1.54) is 22.3 Å². The second-order valence-corrected chi connectivity index (χ2v) is 5.72. The molecule has 1 unspecified atom stereocenters. The Labute approximate surface area is 124 Å². The standard InChI is InChI=1S/C17H18ClNO/c1-11-7-14-8-12(4-6-17(14)20-11)16-9-15(18)5-3-13(16)10-19-2/h3-6,8-9,11,19H,7,10H2,1-2H3. The van der Waals surface area contributed by atoms with E-state index < -0.39 is 0 Å². The summed E-state index contributed by atoms with van der Waals surface area (Å²) in [6, 6.07) is 12.5. The van der Waals surface area contributed by atoms with Crippen LogP contribution >= 0.6 is 11.6 Å². The molecule has 2 nitrogen and oxygen atoms in total. The Hall–Kier alpha value is -1.51. The van der Waals surface area contributed by atoms with Crippen LogP contribution in [0.4, 0.5) is 0 Å². The van der Waals surface area contributed by atoms with Gasteiger partial charge >= 0.3 is 0 Å². The van der Waals surface area contributed by atoms with Crippen LogP contribution in [-0.2, 0) is 13.0 Å². The molecule has 1 N–H and O–H groups in total. The molecule has 0 spiro atoms. The van der Waals surface area contributed by atoms with Crippen LogP contribution in [0.15, 0.2) is 36.4 Å². The molecule has 3 rings (SSSR count). The van der Waals surface area contributed by atoms with Crippen molar-refractivity contribution in [3.05, 3.63) is 52.5 Å². The molecule has 20 heavy (non-hydrogen) atoms. The molecule has 0 radical (unpaired) electrons. The zero-order valence-corrected chi connectivity index (χ0v) is 12.5. The monoisotopic (exact) mass is 287 g/mol. The van der Waals surface area contributed by atoms with Crippen LogP contribution in [-0.4, -0.2) is 13.2 Å². The van der Waals surface area contributed by atoms with Crippen LogP contribution < -0.4 is 10.1 Å². The fourth-order valence-corrected chi connectivity index (χ4v) is 2.92. The summed E-state index contributed by atoms with van der Waals surface area (Å²) < 4.78 is 5.76. The van der Waals surface area contributed by atoms with Gasteiger partial charge in [0, 0.05) is 18.0 Å². The van der Waals surface area contributed by atoms with Gasteiger partial charge in [0.25, 0.3) is 0 Å². The van der Waals surface area contributed by atoms with E-state index in [0.29, 0.717) is 0 Å². The number of ether oxygens (including phenoxy) is 1. The third-order valence-corrected chi connectivity index (χ3v) is 3.88. The fraction of sp³-hybridized carbons (Fsp3) is 0.294. The first-order valence-electron chi connectivity index (χ1n) is 6.90. The van der Waals surface area contributed by atoms with Gasteiger partial charge in [-0.2, -0.15) is 0 Å². The summed E-state index contributed by atoms with van der Waals surface area (Å²) in [5.41, 5.74) is 4.93. The van der Waals surface area contributed by atoms with Crippen LogP contribution in [0.25, 0.3) is 11.1 Å². The summed E-state index contributed by atoms with van der Waals surface area (Å²) in [4.78, 5) is 0. The molecule has 1 heterocycles. The van der Waals surface area contributed by atoms with Crippen LogP contribution in [0.3, 0.4) is 0 Å². The third kappa shape index (κ3) is 2.54. The molecule has 2 aromatic rings. The number of nitrogens with one attached hydrogen (secondary N) is 1. The number of halogens is 1. The SMILES string of the molecule is CNCc1ccc(Cl)cc1-c1ccc2c(c1)CC(C)O2. The molecule has 2 aromatic carbocycles. The first-order valence-corrected chi connectivity index (χ1v) is 7.28. The van der Waals surface area contributed by atoms with Crippen molar-refractivity contribution in [3.8, 4) is 16.9 Å². The van der Waals surface area contributed by atoms with Crippen molar-refractivity contribution in [2.45, 2.75) is 26.0 Å². The molecule has 104 valence electrons. The van der Waals surface area contributed by atoms with E-state index in [1.54, 1.807) is 0 Å². The maximum absolute atomic E-state index is 6.16. The van der Waals surface area contributed by atoms with Gasteiger partial charge in [0.15, 0.2) is 0 Å². The minimum atomic E-state index is 0.274. The van der Waals surface area contributed by atoms with Gasteiger partial charge in [-0.3, -0.25) is 0 Å². The average molecular weight is 288 g/mol. The van der Waals surface area contributed by atoms with E-state index in [2.05, 4.69) is 36.5 Å². The summed E-state index contributed by atoms with van der Waals surface area (Å²) in [6.45, 7) is 2.93. The van der Waals surface area contributed by atoms with Gasteiger partial charge in [0.05, 0.1) is 0 Å². The highest BCUT2D eigenvalue weighted by molar-refractivity contribution is 6.30. The lowest BCUT2D eigenvalue weighted by molar-refractivity contribution is 0.254. The first-order chi connectivity index (χ1) is 9.67. The molecule has 0 saturated carbocycles. The molecule has 1 aliphatic rings. The topological polar surface area (TPSA) is 21.3 Å². The minimum Gasteiger partial charge on any atom is -0.490 e. The maximum atomic E-state index is 6.16. The quantitative estimate of drug-likeness (QED) is 0.919. The second kappa shape index (κ2) is 5.47. The Morgan fingerprint density at radius 1 is 1.25 bits per heavy atom. The van der Waals surface area contributed by atoms with Gasteiger partial charge in [-0.25, -0.2) is 0 Å². The van der Waals surface area contributed by atoms with Gasteiger partial charge in [0.1, 0.15) is 11.9 Å². The van der Waals surface area contributed by atoms with Crippen LogP contribution in [0.2, 0.25) is 5.02 Å². The molecular weight excluding hydrogens is 270 g/mol. The Kier molecular flexibility index (Phi) is 3.68. The zero-order chi connectivity index (χ0) is 14.1. The van der Waals surface area contributed by atoms with Gasteiger partial charge in [-0.15, -0.1) is 0 Å². The predicted molar refractivity (Wildman–Crippen MR) is 83.4 cm³/mol. The number of rotatable bonds is 3. The molecule has 0 amide bonds. The zero-order valence-electron chi connectivity index (χ0n) is 11.7. The van der Waals surface area contributed by atoms with Crippen LogP contribution in [0.1, 0.15) is 18.1 Å². The molecule has 3 heteroatoms. The number of fused-ring (bicyclic) bond motifs is 1. The molecular formula is C17H18ClNO. The largest absolute Gasteiger partial charge is 0.490 e. The van der Waals surface area contributed by atoms with Gasteiger partial charge in [-0.05, 0) is 60.5 Å². The lowest BCUT2D eigenvalue weighted by Crippen LogP contribution is -2.06. The molecule has 0 saturated heterocycles. The molecule has 1 atom stereocenters. The average Bonchev–Trinajstić information content (AvgIpc) is 2.80. The van der Waals surface area contributed by atoms with E-state index in [0.717, 1.165) is 23.7 Å². The van der Waals surface area contributed by atoms with Crippen molar-refractivity contribution in [1.29, 1.82) is 0 Å². The Morgan fingerprint density at radius 3 is 2.90 bits per heavy atom. The van der Waals surface area contributed by atoms with Crippen molar-refractivity contribution in [1.82, 2.24) is 5.32 Å². The van der Waals surface area contributed by atoms with Gasteiger partial charge in [0.2, 0.25) is 0 Å². The highest BCUT2D eigenvalue weighted by atomic mass is 35.5. The van der Waals surface area contributed by atoms with Crippen molar-refractivity contribution in [2.24, 2.45) is 0 Å². The lowest BCUT2D eigenvalue weighted by Gasteiger charge is -2.11. The molecule has 0 aromatic heterocycles. The highest BCUT2D eigenvalue weighted by Crippen LogP contribution is 2.34. The Balaban J connectivity index is 2.05. The molecule has 0 bridgehead atoms. The predicted octanol–water partition coefficient (Wildman–Crippen LogP) is 4.05. The van der Waals surface area contributed by atoms with Crippen molar-refractivity contribution >= 4 is 11.6 Å².